The van der Waals surface area contributed by atoms with Gasteiger partial charge in [-0.15, -0.1) is 11.8 Å². The zero-order valence-electron chi connectivity index (χ0n) is 74.4. The second-order valence-corrected chi connectivity index (χ2v) is 34.2. The van der Waals surface area contributed by atoms with Gasteiger partial charge in [0, 0.05) is 119 Å². The van der Waals surface area contributed by atoms with Crippen LogP contribution < -0.4 is 70.4 Å². The van der Waals surface area contributed by atoms with E-state index in [1.807, 2.05) is 13.8 Å². The van der Waals surface area contributed by atoms with E-state index in [2.05, 4.69) is 63.1 Å². The number of carboxylic acids is 1. The third kappa shape index (κ3) is 28.9. The lowest BCUT2D eigenvalue weighted by Crippen LogP contribution is -2.60. The first kappa shape index (κ1) is 103. The van der Waals surface area contributed by atoms with Crippen molar-refractivity contribution in [3.8, 4) is 5.75 Å². The summed E-state index contributed by atoms with van der Waals surface area (Å²) in [4.78, 5) is 259. The number of aromatic hydroxyl groups is 1. The number of nitrogens with zero attached hydrogens (tertiary/aromatic N) is 5. The number of fused-ring (bicyclic) bond motifs is 4. The molecule has 3 aliphatic rings. The van der Waals surface area contributed by atoms with Crippen LogP contribution in [0, 0.1) is 11.3 Å². The highest BCUT2D eigenvalue weighted by Gasteiger charge is 2.46. The minimum absolute atomic E-state index is 0.00410. The lowest BCUT2D eigenvalue weighted by molar-refractivity contribution is -0.149. The number of phenols is 1. The molecule has 14 atom stereocenters. The minimum Gasteiger partial charge on any atom is -0.508 e. The van der Waals surface area contributed by atoms with E-state index in [4.69, 9.17) is 22.6 Å². The number of Topliss-reactive ketones (excluding diaryl/α,β-unsaturated/α-hetero) is 1. The topological polar surface area (TPSA) is 621 Å². The number of aromatic nitrogens is 2. The molecule has 0 unspecified atom stereocenters. The smallest absolute Gasteiger partial charge is 0.303 e. The van der Waals surface area contributed by atoms with Gasteiger partial charge in [-0.25, -0.2) is 0 Å². The number of likely N-dealkylation sites (N-methyl/N-ethyl adjacent to an activating group) is 3. The van der Waals surface area contributed by atoms with Crippen molar-refractivity contribution in [2.75, 3.05) is 71.9 Å². The summed E-state index contributed by atoms with van der Waals surface area (Å²) < 4.78 is 0. The van der Waals surface area contributed by atoms with Crippen LogP contribution in [-0.4, -0.2) is 307 Å². The number of carboxylic acid groups (broad SMARTS) is 1. The number of para-hydroxylation sites is 2. The van der Waals surface area contributed by atoms with Gasteiger partial charge in [-0.3, -0.25) is 86.9 Å². The van der Waals surface area contributed by atoms with Crippen LogP contribution in [0.25, 0.3) is 21.8 Å². The van der Waals surface area contributed by atoms with Crippen molar-refractivity contribution in [3.05, 3.63) is 102 Å². The molecule has 41 nitrogen and oxygen atoms in total. The normalized spacial score (nSPS) is 24.7. The Labute approximate surface area is 757 Å². The number of H-pyrrole nitrogens is 2. The van der Waals surface area contributed by atoms with E-state index in [1.54, 1.807) is 67.8 Å². The summed E-state index contributed by atoms with van der Waals surface area (Å²) in [6, 6.07) is 2.55. The monoisotopic (exact) mass is 1830 g/mol. The molecule has 3 saturated heterocycles. The van der Waals surface area contributed by atoms with Crippen LogP contribution >= 0.6 is 11.8 Å². The molecule has 2 aromatic heterocycles. The van der Waals surface area contributed by atoms with Crippen LogP contribution in [0.3, 0.4) is 0 Å². The van der Waals surface area contributed by atoms with Crippen molar-refractivity contribution in [2.45, 2.75) is 228 Å². The van der Waals surface area contributed by atoms with Crippen LogP contribution in [0.1, 0.15) is 147 Å². The number of amides is 15. The van der Waals surface area contributed by atoms with E-state index >= 15 is 28.8 Å². The van der Waals surface area contributed by atoms with E-state index in [0.717, 1.165) is 21.6 Å². The lowest BCUT2D eigenvalue weighted by Gasteiger charge is -2.36. The molecule has 3 fully saturated rings. The molecule has 3 aliphatic heterocycles. The predicted octanol–water partition coefficient (Wildman–Crippen LogP) is -1.46. The highest BCUT2D eigenvalue weighted by atomic mass is 32.2. The minimum atomic E-state index is -1.69. The maximum Gasteiger partial charge on any atom is 0.303 e. The van der Waals surface area contributed by atoms with Gasteiger partial charge in [0.1, 0.15) is 72.2 Å². The Kier molecular flexibility index (Phi) is 39.3. The van der Waals surface area contributed by atoms with Gasteiger partial charge in [-0.2, -0.15) is 0 Å². The van der Waals surface area contributed by atoms with E-state index in [-0.39, 0.29) is 102 Å². The lowest BCUT2D eigenvalue weighted by atomic mass is 9.90. The summed E-state index contributed by atoms with van der Waals surface area (Å²) in [5, 5.41) is 67.0. The molecule has 5 heterocycles. The third-order valence-electron chi connectivity index (χ3n) is 23.7. The number of aromatic amines is 2. The molecule has 5 aromatic rings. The van der Waals surface area contributed by atoms with Crippen molar-refractivity contribution in [2.24, 2.45) is 23.1 Å². The Morgan fingerprint density at radius 2 is 1.14 bits per heavy atom. The molecule has 130 heavy (non-hydrogen) atoms. The van der Waals surface area contributed by atoms with Crippen LogP contribution in [0.15, 0.2) is 85.2 Å². The number of rotatable bonds is 25. The summed E-state index contributed by atoms with van der Waals surface area (Å²) in [5.41, 5.74) is 20.0. The summed E-state index contributed by atoms with van der Waals surface area (Å²) in [6.07, 6.45) is 0.835. The Morgan fingerprint density at radius 1 is 0.569 bits per heavy atom. The van der Waals surface area contributed by atoms with Crippen LogP contribution in [0.2, 0.25) is 0 Å². The number of guanidine groups is 1. The molecule has 0 radical (unpaired) electrons. The fourth-order valence-electron chi connectivity index (χ4n) is 16.2. The Hall–Kier alpha value is -12.7. The second-order valence-electron chi connectivity index (χ2n) is 33.2. The summed E-state index contributed by atoms with van der Waals surface area (Å²) in [5.74, 6) is -18.0. The molecule has 3 aromatic carbocycles. The number of carbonyl (C=O) groups is 17. The van der Waals surface area contributed by atoms with Gasteiger partial charge in [0.25, 0.3) is 0 Å². The zero-order valence-corrected chi connectivity index (χ0v) is 75.2. The molecular formula is C88H125N21O20S. The average molecular weight is 1830 g/mol. The number of benzene rings is 3. The van der Waals surface area contributed by atoms with Crippen molar-refractivity contribution >= 4 is 140 Å². The molecule has 15 amide bonds. The number of carbonyl (C=O) groups excluding carboxylic acids is 16. The second kappa shape index (κ2) is 49.7. The number of nitrogens with one attached hydrogen (secondary N) is 13. The molecule has 0 spiro atoms. The number of hydrogen-bond donors (Lipinski definition) is 19. The number of aliphatic hydroxyl groups is 1. The van der Waals surface area contributed by atoms with Gasteiger partial charge in [-0.1, -0.05) is 95.0 Å². The Bertz CT molecular complexity index is 4870. The quantitative estimate of drug-likeness (QED) is 0.0180. The van der Waals surface area contributed by atoms with Crippen LogP contribution in [0.4, 0.5) is 0 Å². The fraction of sp³-hybridized carbons (Fsp3) is 0.545. The maximum absolute atomic E-state index is 15.8. The van der Waals surface area contributed by atoms with Crippen molar-refractivity contribution < 1.29 is 96.8 Å². The summed E-state index contributed by atoms with van der Waals surface area (Å²) >= 11 is 0.787. The van der Waals surface area contributed by atoms with Crippen molar-refractivity contribution in [1.82, 2.24) is 87.6 Å². The average Bonchev–Trinajstić information content (AvgIpc) is 1.21. The molecule has 0 saturated carbocycles. The largest absolute Gasteiger partial charge is 0.508 e. The molecule has 42 heteroatoms. The number of thioether (sulfide) groups is 1. The maximum atomic E-state index is 15.8. The van der Waals surface area contributed by atoms with E-state index < -0.39 is 241 Å². The first-order valence-corrected chi connectivity index (χ1v) is 45.1. The highest BCUT2D eigenvalue weighted by molar-refractivity contribution is 8.00. The molecule has 0 bridgehead atoms. The van der Waals surface area contributed by atoms with Gasteiger partial charge in [0.05, 0.1) is 31.0 Å². The number of aliphatic hydroxyl groups excluding tert-OH is 1. The fourth-order valence-corrected chi connectivity index (χ4v) is 17.1. The molecule has 708 valence electrons. The number of ketones is 1. The number of nitrogens with two attached hydrogens (primary N) is 3. The first-order valence-electron chi connectivity index (χ1n) is 44.0. The van der Waals surface area contributed by atoms with Gasteiger partial charge >= 0.3 is 5.97 Å². The Balaban J connectivity index is 1.17. The molecule has 22 N–H and O–H groups in total. The molecular weight excluding hydrogens is 1700 g/mol. The number of primary amides is 1. The number of unbranched alkanes of at least 4 members (excludes halogenated alkanes) is 2. The molecule has 0 aliphatic carbocycles. The summed E-state index contributed by atoms with van der Waals surface area (Å²) in [6.45, 7) is 4.43. The van der Waals surface area contributed by atoms with Crippen molar-refractivity contribution in [3.63, 3.8) is 0 Å². The van der Waals surface area contributed by atoms with Crippen molar-refractivity contribution in [1.29, 1.82) is 5.41 Å². The Morgan fingerprint density at radius 3 is 1.76 bits per heavy atom. The van der Waals surface area contributed by atoms with Gasteiger partial charge in [-0.05, 0) is 119 Å². The number of hydrogen-bond acceptors (Lipinski definition) is 22. The van der Waals surface area contributed by atoms with Crippen LogP contribution in [0.5, 0.6) is 5.75 Å². The van der Waals surface area contributed by atoms with E-state index in [1.165, 1.54) is 67.0 Å². The summed E-state index contributed by atoms with van der Waals surface area (Å²) in [7, 11) is 4.02. The predicted molar refractivity (Wildman–Crippen MR) is 480 cm³/mol. The van der Waals surface area contributed by atoms with E-state index in [9.17, 15) is 68.1 Å². The number of phenolic OH excluding ortho intramolecular Hbond substituents is 1. The van der Waals surface area contributed by atoms with E-state index in [0.29, 0.717) is 64.2 Å². The third-order valence-corrected chi connectivity index (χ3v) is 24.7. The standard InChI is InChI=1S/C88H125N21O20S/c1-8-11-24-67-82(124)101-61(23-17-35-93-88(91)92)80(122)104-66(78(120)96-44-72(90)113)47-130-48-74(115)99-64(37-50-27-29-54(110)30-28-50)83(125)105(5)49(4)76(118)102-63(33-34-89)85(127)108-36-18-26-68(108)81(123)97-45-73(114)98-62(31-32-75(116)117)86(128)109-46-55(111)41-70(109)71(112)40-51(38-52-42-94-59-21-15-13-19-56(52)59)77(119)100-58(10-3)79(121)103-65(39-53-43-95-60-22-16-14-20-57(53)60)84(126)107(7)69(25-12-9-2)87(129)106(67)6/h13-16,19-22,27-30,42-43,49,51,55,58,61-70,94-95,110-111H,8-12,17-18,23-26,31-41,44-48,89H2,1-7H3,(H2,90,113)(H,96,120)(H,97,123)(H,98,114)(H,99,115)(H,100,119)(H,101,124)(H,102,118)(H,103,121)(H,104,122)(H,116,117)(H4,91,92,93)/t49-,51+,55+,58-,61-,62-,63-,64-,65-,66-,67-,68-,69-,70-/m0/s1. The number of aliphatic carboxylic acids is 1. The van der Waals surface area contributed by atoms with Gasteiger partial charge in [0.15, 0.2) is 11.7 Å². The molecule has 8 rings (SSSR count). The van der Waals surface area contributed by atoms with Gasteiger partial charge < -0.3 is 120 Å². The zero-order chi connectivity index (χ0) is 95.2. The van der Waals surface area contributed by atoms with Gasteiger partial charge in [0.2, 0.25) is 88.6 Å². The first-order chi connectivity index (χ1) is 62.0. The SMILES string of the molecule is CCCC[C@H]1C(=O)N(C)[C@@H](CCCC)C(=O)N[C@@H](CCCNC(=N)N)C(=O)N[C@H](C(=O)NCC(N)=O)CSCC(=O)N[C@@H](Cc2ccc(O)cc2)C(=O)N(C)[C@@H](C)C(=O)N[C@@H](CCN)C(=O)N2CCC[C@H]2C(=O)NCC(=O)N[C@@H](CCC(=O)O)C(=O)N2C[C@H](O)C[C@H]2C(=O)C[C@@H](Cc2c[nH]c3ccccc23)C(=O)N[C@@H](CC)C(=O)N[C@@H](Cc2c[nH]c3ccccc23)C(=O)N1C. The van der Waals surface area contributed by atoms with Crippen LogP contribution in [-0.2, 0) is 101 Å². The highest BCUT2D eigenvalue weighted by Crippen LogP contribution is 2.30.